The molecule has 7 nitrogen and oxygen atoms in total. The Morgan fingerprint density at radius 2 is 1.68 bits per heavy atom. The van der Waals surface area contributed by atoms with E-state index in [4.69, 9.17) is 37.1 Å². The zero-order chi connectivity index (χ0) is 33.3. The molecule has 241 valence electrons. The molecule has 0 saturated carbocycles. The topological polar surface area (TPSA) is 74.8 Å². The van der Waals surface area contributed by atoms with E-state index in [1.54, 1.807) is 32.7 Å². The molecule has 0 aliphatic carbocycles. The molecule has 1 aliphatic heterocycles. The van der Waals surface area contributed by atoms with Crippen molar-refractivity contribution in [2.24, 2.45) is 0 Å². The van der Waals surface area contributed by atoms with E-state index in [0.29, 0.717) is 52.3 Å². The zero-order valence-corrected chi connectivity index (χ0v) is 28.6. The molecule has 1 aliphatic rings. The first-order chi connectivity index (χ1) is 22.6. The van der Waals surface area contributed by atoms with Gasteiger partial charge in [-0.25, -0.2) is 0 Å². The van der Waals surface area contributed by atoms with Gasteiger partial charge in [-0.2, -0.15) is 13.2 Å². The number of furan rings is 1. The molecular formula is C34H27AsCl2F3N4O3. The second kappa shape index (κ2) is 13.7. The van der Waals surface area contributed by atoms with Gasteiger partial charge in [0.2, 0.25) is 0 Å². The van der Waals surface area contributed by atoms with Crippen LogP contribution in [0.15, 0.2) is 71.5 Å². The van der Waals surface area contributed by atoms with E-state index < -0.39 is 27.5 Å². The molecule has 0 unspecified atom stereocenters. The van der Waals surface area contributed by atoms with E-state index in [1.165, 1.54) is 12.1 Å². The third-order valence-corrected chi connectivity index (χ3v) is 11.7. The molecule has 1 saturated heterocycles. The van der Waals surface area contributed by atoms with Crippen molar-refractivity contribution in [2.45, 2.75) is 12.7 Å². The Morgan fingerprint density at radius 3 is 2.34 bits per heavy atom. The van der Waals surface area contributed by atoms with Crippen molar-refractivity contribution in [2.75, 3.05) is 45.3 Å². The first kappa shape index (κ1) is 33.0. The Labute approximate surface area is 286 Å². The predicted octanol–water partition coefficient (Wildman–Crippen LogP) is 6.69. The van der Waals surface area contributed by atoms with Gasteiger partial charge in [-0.15, -0.1) is 0 Å². The molecule has 0 N–H and O–H groups in total. The number of pyridine rings is 1. The Kier molecular flexibility index (Phi) is 9.63. The second-order valence-corrected chi connectivity index (χ2v) is 14.1. The summed E-state index contributed by atoms with van der Waals surface area (Å²) in [5.41, 5.74) is 2.91. The number of fused-ring (bicyclic) bond motifs is 1. The molecule has 0 atom stereocenters. The molecule has 13 heteroatoms. The first-order valence-corrected chi connectivity index (χ1v) is 17.1. The molecule has 2 aromatic heterocycles. The van der Waals surface area contributed by atoms with Gasteiger partial charge in [-0.05, 0) is 24.3 Å². The second-order valence-electron chi connectivity index (χ2n) is 10.9. The number of halogens is 5. The zero-order valence-electron chi connectivity index (χ0n) is 25.2. The van der Waals surface area contributed by atoms with Gasteiger partial charge in [0.25, 0.3) is 0 Å². The fraction of sp³-hybridized carbons (Fsp3) is 0.235. The Hall–Kier alpha value is -3.87. The van der Waals surface area contributed by atoms with E-state index in [-0.39, 0.29) is 0 Å². The van der Waals surface area contributed by atoms with Crippen LogP contribution in [0.25, 0.3) is 22.0 Å². The number of rotatable bonds is 8. The van der Waals surface area contributed by atoms with E-state index in [1.807, 2.05) is 24.3 Å². The number of anilines is 1. The number of aromatic nitrogens is 1. The van der Waals surface area contributed by atoms with Gasteiger partial charge in [0.05, 0.1) is 5.56 Å². The van der Waals surface area contributed by atoms with Crippen LogP contribution in [0.3, 0.4) is 0 Å². The molecular weight excluding hydrogens is 715 g/mol. The van der Waals surface area contributed by atoms with Gasteiger partial charge in [-0.3, -0.25) is 0 Å². The molecule has 0 amide bonds. The van der Waals surface area contributed by atoms with Gasteiger partial charge in [-0.1, -0.05) is 0 Å². The van der Waals surface area contributed by atoms with Crippen molar-refractivity contribution in [1.82, 2.24) is 9.88 Å². The van der Waals surface area contributed by atoms with Crippen LogP contribution in [0, 0.1) is 11.3 Å². The van der Waals surface area contributed by atoms with Gasteiger partial charge < -0.3 is 4.90 Å². The van der Waals surface area contributed by atoms with Crippen LogP contribution in [0.4, 0.5) is 18.9 Å². The first-order valence-electron chi connectivity index (χ1n) is 14.5. The molecule has 3 heterocycles. The SMILES string of the molecule is COc1cc([As]c2c(C#N)cnc3cc(-c4coc(CN5CCN(c6ccc(C(F)(F)F)cc6)CC5)c4)c(OC)cc23)c(Cl)cc1Cl. The van der Waals surface area contributed by atoms with Crippen LogP contribution in [-0.4, -0.2) is 66.0 Å². The summed E-state index contributed by atoms with van der Waals surface area (Å²) in [7, 11) is 3.14. The monoisotopic (exact) mass is 741 g/mol. The van der Waals surface area contributed by atoms with E-state index in [0.717, 1.165) is 61.9 Å². The Morgan fingerprint density at radius 1 is 0.957 bits per heavy atom. The number of hydrogen-bond acceptors (Lipinski definition) is 7. The van der Waals surface area contributed by atoms with Crippen molar-refractivity contribution in [1.29, 1.82) is 5.26 Å². The van der Waals surface area contributed by atoms with Crippen LogP contribution < -0.4 is 23.1 Å². The van der Waals surface area contributed by atoms with Gasteiger partial charge in [0.15, 0.2) is 0 Å². The minimum atomic E-state index is -4.35. The van der Waals surface area contributed by atoms with Crippen LogP contribution in [0.1, 0.15) is 16.9 Å². The number of alkyl halides is 3. The molecule has 0 bridgehead atoms. The maximum absolute atomic E-state index is 12.9. The van der Waals surface area contributed by atoms with Crippen LogP contribution in [0.2, 0.25) is 10.0 Å². The number of ether oxygens (including phenoxy) is 2. The number of hydrogen-bond donors (Lipinski definition) is 0. The van der Waals surface area contributed by atoms with Crippen LogP contribution in [-0.2, 0) is 12.7 Å². The normalized spacial score (nSPS) is 14.2. The average Bonchev–Trinajstić information content (AvgIpc) is 3.53. The van der Waals surface area contributed by atoms with Crippen molar-refractivity contribution >= 4 is 64.2 Å². The van der Waals surface area contributed by atoms with E-state index in [9.17, 15) is 18.4 Å². The third kappa shape index (κ3) is 7.05. The minimum absolute atomic E-state index is 0.411. The molecule has 5 aromatic rings. The fourth-order valence-corrected chi connectivity index (χ4v) is 8.57. The summed E-state index contributed by atoms with van der Waals surface area (Å²) in [6, 6.07) is 16.8. The number of nitriles is 1. The standard InChI is InChI=1S/C34H27AsCl2F3N4O3/c1-45-31-13-26-30(42-17-21(16-41)33(26)35-27-14-32(46-2)29(37)15-28(27)36)12-25(31)20-11-24(47-19-20)18-43-7-9-44(10-8-43)23-5-3-22(4-6-23)34(38,39)40/h3-6,11-15,17,19H,7-10,18H2,1-2H3. The third-order valence-electron chi connectivity index (χ3n) is 8.01. The summed E-state index contributed by atoms with van der Waals surface area (Å²) in [6.45, 7) is 3.42. The van der Waals surface area contributed by atoms with Gasteiger partial charge in [0, 0.05) is 5.69 Å². The van der Waals surface area contributed by atoms with E-state index >= 15 is 0 Å². The molecule has 47 heavy (non-hydrogen) atoms. The average molecular weight is 742 g/mol. The molecule has 0 spiro atoms. The number of piperazine rings is 1. The van der Waals surface area contributed by atoms with Crippen LogP contribution >= 0.6 is 23.2 Å². The Balaban J connectivity index is 1.20. The molecule has 3 aromatic carbocycles. The van der Waals surface area contributed by atoms with Crippen molar-refractivity contribution in [3.63, 3.8) is 0 Å². The van der Waals surface area contributed by atoms with Crippen molar-refractivity contribution in [3.05, 3.63) is 94.0 Å². The summed E-state index contributed by atoms with van der Waals surface area (Å²) in [5.74, 6) is 1.89. The van der Waals surface area contributed by atoms with E-state index in [2.05, 4.69) is 20.9 Å². The summed E-state index contributed by atoms with van der Waals surface area (Å²) in [5, 5.41) is 11.6. The van der Waals surface area contributed by atoms with Crippen molar-refractivity contribution < 1.29 is 27.1 Å². The molecule has 1 fully saturated rings. The van der Waals surface area contributed by atoms with Gasteiger partial charge in [0.1, 0.15) is 0 Å². The number of methoxy groups -OCH3 is 2. The summed E-state index contributed by atoms with van der Waals surface area (Å²) in [4.78, 5) is 8.93. The molecule has 6 rings (SSSR count). The summed E-state index contributed by atoms with van der Waals surface area (Å²) >= 11 is 12.1. The van der Waals surface area contributed by atoms with Crippen LogP contribution in [0.5, 0.6) is 11.5 Å². The van der Waals surface area contributed by atoms with Gasteiger partial charge >= 0.3 is 234 Å². The molecule has 1 radical (unpaired) electrons. The maximum atomic E-state index is 12.9. The Bertz CT molecular complexity index is 1970. The number of nitrogens with zero attached hydrogens (tertiary/aromatic N) is 4. The summed E-state index contributed by atoms with van der Waals surface area (Å²) < 4.78 is 57.7. The fourth-order valence-electron chi connectivity index (χ4n) is 5.53. The quantitative estimate of drug-likeness (QED) is 0.164. The van der Waals surface area contributed by atoms with Crippen molar-refractivity contribution in [3.8, 4) is 28.7 Å². The summed E-state index contributed by atoms with van der Waals surface area (Å²) in [6.07, 6.45) is -1.08. The predicted molar refractivity (Wildman–Crippen MR) is 178 cm³/mol. The number of benzene rings is 3.